The maximum atomic E-state index is 10.9. The van der Waals surface area contributed by atoms with Crippen LogP contribution < -0.4 is 5.48 Å². The van der Waals surface area contributed by atoms with Gasteiger partial charge in [-0.1, -0.05) is 12.1 Å². The molecule has 1 rings (SSSR count). The monoisotopic (exact) mass is 200 g/mol. The Hall–Kier alpha value is -1.24. The average molecular weight is 200 g/mol. The van der Waals surface area contributed by atoms with Gasteiger partial charge in [-0.2, -0.15) is 0 Å². The molecule has 6 heteroatoms. The molecule has 0 heterocycles. The van der Waals surface area contributed by atoms with E-state index in [-0.39, 0.29) is 10.5 Å². The van der Waals surface area contributed by atoms with Gasteiger partial charge in [0.25, 0.3) is 5.91 Å². The van der Waals surface area contributed by atoms with E-state index in [0.717, 1.165) is 0 Å². The minimum atomic E-state index is -2.48. The van der Waals surface area contributed by atoms with Crippen molar-refractivity contribution < 1.29 is 18.8 Å². The third-order valence-corrected chi connectivity index (χ3v) is 2.13. The first kappa shape index (κ1) is 9.85. The van der Waals surface area contributed by atoms with Gasteiger partial charge in [-0.3, -0.25) is 14.2 Å². The fraction of sp³-hybridized carbons (Fsp3) is 0. The van der Waals surface area contributed by atoms with E-state index >= 15 is 0 Å². The molecule has 1 amide bonds. The van der Waals surface area contributed by atoms with Crippen molar-refractivity contribution in [1.29, 1.82) is 0 Å². The van der Waals surface area contributed by atoms with Gasteiger partial charge in [0.05, 0.1) is 5.56 Å². The second kappa shape index (κ2) is 4.13. The zero-order valence-corrected chi connectivity index (χ0v) is 7.21. The average Bonchev–Trinajstić information content (AvgIpc) is 2.16. The maximum absolute atomic E-state index is 10.9. The Morgan fingerprint density at radius 1 is 1.46 bits per heavy atom. The lowest BCUT2D eigenvalue weighted by molar-refractivity contribution is 0.0702. The van der Waals surface area contributed by atoms with Gasteiger partial charge in [0.2, 0.25) is 0 Å². The lowest BCUT2D eigenvalue weighted by Gasteiger charge is -2.09. The third kappa shape index (κ3) is 2.11. The van der Waals surface area contributed by atoms with Crippen LogP contribution >= 0.6 is 0 Å². The van der Waals surface area contributed by atoms with Crippen molar-refractivity contribution >= 4 is 17.0 Å². The highest BCUT2D eigenvalue weighted by molar-refractivity contribution is 7.79. The van der Waals surface area contributed by atoms with Gasteiger partial charge < -0.3 is 4.55 Å². The summed E-state index contributed by atoms with van der Waals surface area (Å²) in [6.07, 6.45) is 0. The smallest absolute Gasteiger partial charge is 0.275 e. The van der Waals surface area contributed by atoms with Crippen molar-refractivity contribution in [2.45, 2.75) is 4.90 Å². The summed E-state index contributed by atoms with van der Waals surface area (Å²) in [4.78, 5) is 10.8. The summed E-state index contributed by atoms with van der Waals surface area (Å²) < 4.78 is 21.2. The molecule has 1 atom stereocenters. The quantitative estimate of drug-likeness (QED) is 0.401. The van der Waals surface area contributed by atoms with Gasteiger partial charge >= 0.3 is 0 Å². The third-order valence-electron chi connectivity index (χ3n) is 1.41. The van der Waals surface area contributed by atoms with Gasteiger partial charge in [0, 0.05) is 4.90 Å². The first-order valence-electron chi connectivity index (χ1n) is 3.29. The van der Waals surface area contributed by atoms with Gasteiger partial charge in [-0.05, 0) is 23.2 Å². The lowest BCUT2D eigenvalue weighted by atomic mass is 10.2. The van der Waals surface area contributed by atoms with E-state index in [1.54, 1.807) is 0 Å². The van der Waals surface area contributed by atoms with E-state index in [1.165, 1.54) is 29.7 Å². The fourth-order valence-electron chi connectivity index (χ4n) is 0.860. The summed E-state index contributed by atoms with van der Waals surface area (Å²) in [5, 5.41) is 8.29. The van der Waals surface area contributed by atoms with E-state index in [4.69, 9.17) is 5.21 Å². The standard InChI is InChI=1S/C7H7NO4S/c9-7(8-10)5-3-1-2-4-6(5)13(11)12/h1-4,10H,(H,8,9)(H,11,12)/p-1. The van der Waals surface area contributed by atoms with Crippen LogP contribution in [-0.2, 0) is 11.1 Å². The van der Waals surface area contributed by atoms with Crippen LogP contribution in [0.2, 0.25) is 0 Å². The summed E-state index contributed by atoms with van der Waals surface area (Å²) in [6.45, 7) is 0. The van der Waals surface area contributed by atoms with Crippen molar-refractivity contribution in [3.63, 3.8) is 0 Å². The predicted molar refractivity (Wildman–Crippen MR) is 42.9 cm³/mol. The van der Waals surface area contributed by atoms with Crippen LogP contribution in [0.4, 0.5) is 0 Å². The number of hydrogen-bond donors (Lipinski definition) is 2. The Labute approximate surface area is 76.6 Å². The highest BCUT2D eigenvalue weighted by Crippen LogP contribution is 2.11. The molecule has 0 aliphatic heterocycles. The van der Waals surface area contributed by atoms with E-state index in [2.05, 4.69) is 0 Å². The number of rotatable bonds is 2. The van der Waals surface area contributed by atoms with Crippen LogP contribution in [0.1, 0.15) is 10.4 Å². The molecule has 0 saturated heterocycles. The molecular weight excluding hydrogens is 194 g/mol. The maximum Gasteiger partial charge on any atom is 0.275 e. The zero-order valence-electron chi connectivity index (χ0n) is 6.39. The number of carbonyl (C=O) groups is 1. The van der Waals surface area contributed by atoms with Crippen LogP contribution in [0.25, 0.3) is 0 Å². The Balaban J connectivity index is 3.19. The van der Waals surface area contributed by atoms with Crippen LogP contribution in [0, 0.1) is 0 Å². The summed E-state index contributed by atoms with van der Waals surface area (Å²) in [7, 11) is 0. The fourth-order valence-corrected chi connectivity index (χ4v) is 1.39. The highest BCUT2D eigenvalue weighted by atomic mass is 32.2. The Morgan fingerprint density at radius 3 is 2.62 bits per heavy atom. The molecule has 13 heavy (non-hydrogen) atoms. The minimum Gasteiger partial charge on any atom is -0.768 e. The molecule has 0 radical (unpaired) electrons. The van der Waals surface area contributed by atoms with E-state index in [0.29, 0.717) is 0 Å². The molecule has 5 nitrogen and oxygen atoms in total. The molecule has 1 unspecified atom stereocenters. The Kier molecular flexibility index (Phi) is 3.13. The van der Waals surface area contributed by atoms with Crippen LogP contribution in [0.15, 0.2) is 29.2 Å². The van der Waals surface area contributed by atoms with Gasteiger partial charge in [-0.15, -0.1) is 0 Å². The number of nitrogens with one attached hydrogen (secondary N) is 1. The van der Waals surface area contributed by atoms with Crippen molar-refractivity contribution in [2.24, 2.45) is 0 Å². The van der Waals surface area contributed by atoms with Crippen LogP contribution in [0.5, 0.6) is 0 Å². The first-order chi connectivity index (χ1) is 6.16. The predicted octanol–water partition coefficient (Wildman–Crippen LogP) is 0.0436. The molecule has 0 spiro atoms. The number of benzene rings is 1. The topological polar surface area (TPSA) is 89.5 Å². The van der Waals surface area contributed by atoms with E-state index < -0.39 is 17.0 Å². The van der Waals surface area contributed by atoms with Crippen LogP contribution in [0.3, 0.4) is 0 Å². The number of amides is 1. The van der Waals surface area contributed by atoms with Crippen molar-refractivity contribution in [2.75, 3.05) is 0 Å². The van der Waals surface area contributed by atoms with Crippen LogP contribution in [-0.4, -0.2) is 19.9 Å². The lowest BCUT2D eigenvalue weighted by Crippen LogP contribution is -2.20. The molecule has 0 fully saturated rings. The molecule has 0 bridgehead atoms. The van der Waals surface area contributed by atoms with Crippen molar-refractivity contribution in [1.82, 2.24) is 5.48 Å². The molecule has 1 aromatic carbocycles. The second-order valence-electron chi connectivity index (χ2n) is 2.17. The van der Waals surface area contributed by atoms with Gasteiger partial charge in [-0.25, -0.2) is 5.48 Å². The summed E-state index contributed by atoms with van der Waals surface area (Å²) in [5.41, 5.74) is 1.28. The molecule has 0 aliphatic rings. The highest BCUT2D eigenvalue weighted by Gasteiger charge is 2.09. The minimum absolute atomic E-state index is 0.0849. The normalized spacial score (nSPS) is 12.2. The summed E-state index contributed by atoms with van der Waals surface area (Å²) in [5.74, 6) is -0.847. The van der Waals surface area contributed by atoms with E-state index in [9.17, 15) is 13.6 Å². The van der Waals surface area contributed by atoms with Gasteiger partial charge in [0.15, 0.2) is 0 Å². The zero-order chi connectivity index (χ0) is 9.84. The molecule has 1 aromatic rings. The summed E-state index contributed by atoms with van der Waals surface area (Å²) in [6, 6.07) is 5.56. The second-order valence-corrected chi connectivity index (χ2v) is 3.08. The van der Waals surface area contributed by atoms with Crippen molar-refractivity contribution in [3.8, 4) is 0 Å². The molecule has 0 aromatic heterocycles. The number of carbonyl (C=O) groups excluding carboxylic acids is 1. The first-order valence-corrected chi connectivity index (χ1v) is 4.37. The Bertz CT molecular complexity index is 352. The molecule has 0 saturated carbocycles. The molecular formula is C7H6NO4S-. The van der Waals surface area contributed by atoms with Crippen molar-refractivity contribution in [3.05, 3.63) is 29.8 Å². The SMILES string of the molecule is O=C(NO)c1ccccc1S(=O)[O-]. The Morgan fingerprint density at radius 2 is 2.08 bits per heavy atom. The number of hydrogen-bond acceptors (Lipinski definition) is 4. The molecule has 2 N–H and O–H groups in total. The molecule has 70 valence electrons. The van der Waals surface area contributed by atoms with E-state index in [1.807, 2.05) is 0 Å². The van der Waals surface area contributed by atoms with Gasteiger partial charge in [0.1, 0.15) is 0 Å². The summed E-state index contributed by atoms with van der Waals surface area (Å²) >= 11 is -2.48. The largest absolute Gasteiger partial charge is 0.768 e. The molecule has 0 aliphatic carbocycles. The number of hydroxylamine groups is 1.